The summed E-state index contributed by atoms with van der Waals surface area (Å²) >= 11 is 1.50. The lowest BCUT2D eigenvalue weighted by Crippen LogP contribution is -2.49. The van der Waals surface area contributed by atoms with Crippen molar-refractivity contribution in [2.24, 2.45) is 0 Å². The molecule has 0 fully saturated rings. The molecule has 2 atom stereocenters. The number of carboxylic acid groups (broad SMARTS) is 2. The molecule has 0 aliphatic carbocycles. The van der Waals surface area contributed by atoms with Gasteiger partial charge >= 0.3 is 18.1 Å². The predicted molar refractivity (Wildman–Crippen MR) is 171 cm³/mol. The highest BCUT2D eigenvalue weighted by atomic mass is 32.1. The van der Waals surface area contributed by atoms with Crippen LogP contribution in [0.4, 0.5) is 19.0 Å². The van der Waals surface area contributed by atoms with E-state index in [1.807, 2.05) is 90.3 Å². The first kappa shape index (κ1) is 36.2. The van der Waals surface area contributed by atoms with E-state index in [9.17, 15) is 32.7 Å². The average molecular weight is 671 g/mol. The summed E-state index contributed by atoms with van der Waals surface area (Å²) in [6.07, 6.45) is -2.57. The van der Waals surface area contributed by atoms with Crippen molar-refractivity contribution in [1.29, 1.82) is 0 Å². The minimum atomic E-state index is -5.08. The summed E-state index contributed by atoms with van der Waals surface area (Å²) < 4.78 is 31.7. The van der Waals surface area contributed by atoms with Crippen molar-refractivity contribution in [3.8, 4) is 11.1 Å². The molecule has 0 spiro atoms. The summed E-state index contributed by atoms with van der Waals surface area (Å²) in [4.78, 5) is 51.9. The van der Waals surface area contributed by atoms with E-state index in [2.05, 4.69) is 20.9 Å². The summed E-state index contributed by atoms with van der Waals surface area (Å²) in [5.74, 6) is -3.73. The Morgan fingerprint density at radius 1 is 0.830 bits per heavy atom. The number of aromatic nitrogens is 1. The van der Waals surface area contributed by atoms with Gasteiger partial charge in [-0.1, -0.05) is 66.7 Å². The number of pyridine rings is 1. The fraction of sp³-hybridized carbons (Fsp3) is 0.242. The molecule has 0 saturated heterocycles. The van der Waals surface area contributed by atoms with Gasteiger partial charge in [0.2, 0.25) is 11.8 Å². The van der Waals surface area contributed by atoms with Crippen LogP contribution in [-0.4, -0.2) is 57.7 Å². The standard InChI is InChI=1S/C31H32N4O4S.C2HF3O2/c36-29(12-6-18-33-28-11-4-5-17-32-28)34-27(20-25-10-7-19-40-25)31(39)35-26(21-30(37)38)24-15-13-23(14-16-24)22-8-2-1-3-9-22;3-2(4,5)1(6)7/h1-5,7-11,13-17,19,26-27H,6,12,18,20-21H2,(H,32,33)(H,34,36)(H,35,39)(H,37,38);(H,6,7)/t26?,27-;/m0./s1. The maximum absolute atomic E-state index is 13.4. The molecule has 14 heteroatoms. The van der Waals surface area contributed by atoms with Gasteiger partial charge < -0.3 is 26.2 Å². The van der Waals surface area contributed by atoms with Crippen molar-refractivity contribution in [3.63, 3.8) is 0 Å². The summed E-state index contributed by atoms with van der Waals surface area (Å²) in [6, 6.07) is 25.1. The zero-order valence-electron chi connectivity index (χ0n) is 24.9. The second kappa shape index (κ2) is 18.0. The fourth-order valence-electron chi connectivity index (χ4n) is 4.28. The number of aliphatic carboxylic acids is 2. The number of nitrogens with zero attached hydrogens (tertiary/aromatic N) is 1. The quantitative estimate of drug-likeness (QED) is 0.107. The van der Waals surface area contributed by atoms with Crippen LogP contribution in [0.1, 0.15) is 35.7 Å². The van der Waals surface area contributed by atoms with Gasteiger partial charge in [-0.05, 0) is 46.7 Å². The molecule has 4 aromatic rings. The minimum Gasteiger partial charge on any atom is -0.481 e. The number of hydrogen-bond acceptors (Lipinski definition) is 7. The zero-order valence-corrected chi connectivity index (χ0v) is 25.8. The number of hydrogen-bond donors (Lipinski definition) is 5. The van der Waals surface area contributed by atoms with Gasteiger partial charge in [0.05, 0.1) is 12.5 Å². The summed E-state index contributed by atoms with van der Waals surface area (Å²) in [6.45, 7) is 0.561. The van der Waals surface area contributed by atoms with Gasteiger partial charge in [-0.2, -0.15) is 13.2 Å². The number of amides is 2. The van der Waals surface area contributed by atoms with Crippen LogP contribution in [0.2, 0.25) is 0 Å². The average Bonchev–Trinajstić information content (AvgIpc) is 3.56. The minimum absolute atomic E-state index is 0.230. The Morgan fingerprint density at radius 3 is 2.06 bits per heavy atom. The smallest absolute Gasteiger partial charge is 0.481 e. The molecule has 0 aliphatic rings. The Morgan fingerprint density at radius 2 is 1.49 bits per heavy atom. The van der Waals surface area contributed by atoms with Gasteiger partial charge in [0.25, 0.3) is 0 Å². The summed E-state index contributed by atoms with van der Waals surface area (Å²) in [5.41, 5.74) is 2.71. The van der Waals surface area contributed by atoms with E-state index in [1.54, 1.807) is 6.20 Å². The lowest BCUT2D eigenvalue weighted by atomic mass is 9.98. The van der Waals surface area contributed by atoms with Gasteiger partial charge in [-0.15, -0.1) is 11.3 Å². The maximum Gasteiger partial charge on any atom is 0.490 e. The van der Waals surface area contributed by atoms with Crippen LogP contribution in [0.3, 0.4) is 0 Å². The molecule has 2 amide bonds. The molecule has 4 rings (SSSR count). The number of alkyl halides is 3. The van der Waals surface area contributed by atoms with Crippen LogP contribution >= 0.6 is 11.3 Å². The first-order chi connectivity index (χ1) is 22.4. The fourth-order valence-corrected chi connectivity index (χ4v) is 5.03. The van der Waals surface area contributed by atoms with Crippen LogP contribution in [0.15, 0.2) is 96.5 Å². The van der Waals surface area contributed by atoms with Crippen molar-refractivity contribution >= 4 is 40.9 Å². The van der Waals surface area contributed by atoms with Crippen LogP contribution < -0.4 is 16.0 Å². The van der Waals surface area contributed by atoms with E-state index < -0.39 is 36.1 Å². The van der Waals surface area contributed by atoms with Crippen molar-refractivity contribution < 1.29 is 42.6 Å². The molecule has 0 aliphatic heterocycles. The zero-order chi connectivity index (χ0) is 34.2. The second-order valence-corrected chi connectivity index (χ2v) is 11.1. The Hall–Kier alpha value is -5.24. The molecule has 47 heavy (non-hydrogen) atoms. The maximum atomic E-state index is 13.4. The Labute approximate surface area is 272 Å². The molecule has 10 nitrogen and oxygen atoms in total. The SMILES string of the molecule is O=C(O)C(F)(F)F.O=C(O)CC(NC(=O)[C@H](Cc1cccs1)NC(=O)CCCNc1ccccn1)c1ccc(-c2ccccc2)cc1. The molecular formula is C33H33F3N4O6S. The molecule has 2 aromatic heterocycles. The van der Waals surface area contributed by atoms with Crippen molar-refractivity contribution in [1.82, 2.24) is 15.6 Å². The lowest BCUT2D eigenvalue weighted by Gasteiger charge is -2.23. The number of thiophene rings is 1. The first-order valence-corrected chi connectivity index (χ1v) is 15.2. The molecule has 2 aromatic carbocycles. The van der Waals surface area contributed by atoms with E-state index >= 15 is 0 Å². The van der Waals surface area contributed by atoms with Crippen LogP contribution in [-0.2, 0) is 25.6 Å². The normalized spacial score (nSPS) is 12.1. The van der Waals surface area contributed by atoms with Crippen LogP contribution in [0, 0.1) is 0 Å². The monoisotopic (exact) mass is 670 g/mol. The molecule has 5 N–H and O–H groups in total. The number of rotatable bonds is 14. The number of carboxylic acids is 2. The van der Waals surface area contributed by atoms with Gasteiger partial charge in [-0.3, -0.25) is 14.4 Å². The van der Waals surface area contributed by atoms with E-state index in [4.69, 9.17) is 9.90 Å². The highest BCUT2D eigenvalue weighted by Crippen LogP contribution is 2.24. The highest BCUT2D eigenvalue weighted by Gasteiger charge is 2.38. The van der Waals surface area contributed by atoms with Crippen molar-refractivity contribution in [2.75, 3.05) is 11.9 Å². The van der Waals surface area contributed by atoms with E-state index in [0.29, 0.717) is 24.9 Å². The Balaban J connectivity index is 0.000000771. The van der Waals surface area contributed by atoms with Gasteiger partial charge in [0.15, 0.2) is 0 Å². The number of halogens is 3. The third-order valence-electron chi connectivity index (χ3n) is 6.55. The number of nitrogens with one attached hydrogen (secondary N) is 3. The van der Waals surface area contributed by atoms with Crippen molar-refractivity contribution in [3.05, 3.63) is 107 Å². The molecule has 248 valence electrons. The third-order valence-corrected chi connectivity index (χ3v) is 7.45. The topological polar surface area (TPSA) is 158 Å². The van der Waals surface area contributed by atoms with E-state index in [1.165, 1.54) is 11.3 Å². The molecule has 0 saturated carbocycles. The Bertz CT molecular complexity index is 1570. The lowest BCUT2D eigenvalue weighted by molar-refractivity contribution is -0.192. The Kier molecular flexibility index (Phi) is 13.9. The number of carbonyl (C=O) groups excluding carboxylic acids is 2. The first-order valence-electron chi connectivity index (χ1n) is 14.4. The van der Waals surface area contributed by atoms with Crippen LogP contribution in [0.25, 0.3) is 11.1 Å². The van der Waals surface area contributed by atoms with Gasteiger partial charge in [0, 0.05) is 30.5 Å². The third kappa shape index (κ3) is 13.0. The summed E-state index contributed by atoms with van der Waals surface area (Å²) in [7, 11) is 0. The highest BCUT2D eigenvalue weighted by molar-refractivity contribution is 7.09. The number of benzene rings is 2. The predicted octanol–water partition coefficient (Wildman–Crippen LogP) is 5.70. The van der Waals surface area contributed by atoms with E-state index in [-0.39, 0.29) is 18.7 Å². The number of anilines is 1. The van der Waals surface area contributed by atoms with E-state index in [0.717, 1.165) is 21.8 Å². The van der Waals surface area contributed by atoms with Crippen LogP contribution in [0.5, 0.6) is 0 Å². The van der Waals surface area contributed by atoms with Gasteiger partial charge in [-0.25, -0.2) is 9.78 Å². The molecular weight excluding hydrogens is 637 g/mol. The summed E-state index contributed by atoms with van der Waals surface area (Å²) in [5, 5.41) is 27.5. The second-order valence-electron chi connectivity index (χ2n) is 10.1. The van der Waals surface area contributed by atoms with Crippen molar-refractivity contribution in [2.45, 2.75) is 43.9 Å². The van der Waals surface area contributed by atoms with Gasteiger partial charge in [0.1, 0.15) is 11.9 Å². The molecule has 2 heterocycles. The molecule has 0 radical (unpaired) electrons. The largest absolute Gasteiger partial charge is 0.490 e. The number of carbonyl (C=O) groups is 4. The molecule has 1 unspecified atom stereocenters. The molecule has 0 bridgehead atoms.